The third-order valence-corrected chi connectivity index (χ3v) is 5.15. The van der Waals surface area contributed by atoms with E-state index in [1.807, 2.05) is 59.3 Å². The van der Waals surface area contributed by atoms with Gasteiger partial charge in [-0.3, -0.25) is 4.79 Å². The molecule has 0 saturated heterocycles. The molecule has 0 radical (unpaired) electrons. The molecule has 138 valence electrons. The molecule has 0 spiro atoms. The first-order chi connectivity index (χ1) is 12.9. The van der Waals surface area contributed by atoms with Crippen molar-refractivity contribution in [1.29, 1.82) is 0 Å². The molecule has 0 bridgehead atoms. The van der Waals surface area contributed by atoms with Crippen LogP contribution in [0.25, 0.3) is 5.69 Å². The van der Waals surface area contributed by atoms with E-state index in [1.54, 1.807) is 0 Å². The van der Waals surface area contributed by atoms with Crippen LogP contribution in [-0.4, -0.2) is 15.7 Å². The maximum absolute atomic E-state index is 12.9. The summed E-state index contributed by atoms with van der Waals surface area (Å²) >= 11 is 0. The van der Waals surface area contributed by atoms with Crippen LogP contribution < -0.4 is 5.32 Å². The lowest BCUT2D eigenvalue weighted by Crippen LogP contribution is -2.17. The van der Waals surface area contributed by atoms with Crippen molar-refractivity contribution in [3.63, 3.8) is 0 Å². The predicted octanol–water partition coefficient (Wildman–Crippen LogP) is 4.91. The zero-order chi connectivity index (χ0) is 19.0. The number of hydrogen-bond donors (Lipinski definition) is 1. The lowest BCUT2D eigenvalue weighted by atomic mass is 9.87. The topological polar surface area (TPSA) is 46.9 Å². The number of nitrogens with one attached hydrogen (secondary N) is 1. The van der Waals surface area contributed by atoms with Gasteiger partial charge in [-0.2, -0.15) is 5.10 Å². The average molecular weight is 359 g/mol. The van der Waals surface area contributed by atoms with E-state index in [0.717, 1.165) is 36.5 Å². The fraction of sp³-hybridized carbons (Fsp3) is 0.304. The normalized spacial score (nSPS) is 13.4. The largest absolute Gasteiger partial charge is 0.306 e. The molecule has 27 heavy (non-hydrogen) atoms. The van der Waals surface area contributed by atoms with E-state index in [4.69, 9.17) is 5.10 Å². The molecule has 4 nitrogen and oxygen atoms in total. The van der Waals surface area contributed by atoms with Gasteiger partial charge in [0.05, 0.1) is 11.4 Å². The Morgan fingerprint density at radius 3 is 2.37 bits per heavy atom. The number of rotatable bonds is 3. The second kappa shape index (κ2) is 6.69. The highest BCUT2D eigenvalue weighted by molar-refractivity contribution is 6.04. The van der Waals surface area contributed by atoms with Crippen molar-refractivity contribution in [2.75, 3.05) is 5.32 Å². The number of anilines is 1. The number of benzene rings is 2. The molecular weight excluding hydrogens is 334 g/mol. The molecule has 0 saturated carbocycles. The number of carbonyl (C=O) groups excluding carboxylic acids is 1. The highest BCUT2D eigenvalue weighted by atomic mass is 16.1. The summed E-state index contributed by atoms with van der Waals surface area (Å²) in [7, 11) is 0. The Labute approximate surface area is 160 Å². The van der Waals surface area contributed by atoms with Crippen molar-refractivity contribution < 1.29 is 4.79 Å². The molecule has 1 N–H and O–H groups in total. The van der Waals surface area contributed by atoms with Crippen LogP contribution >= 0.6 is 0 Å². The van der Waals surface area contributed by atoms with Crippen molar-refractivity contribution in [3.05, 3.63) is 77.0 Å². The van der Waals surface area contributed by atoms with Crippen LogP contribution in [0, 0.1) is 0 Å². The molecule has 4 heteroatoms. The Kier molecular flexibility index (Phi) is 4.34. The summed E-state index contributed by atoms with van der Waals surface area (Å²) in [6.45, 7) is 6.51. The van der Waals surface area contributed by atoms with Crippen molar-refractivity contribution in [1.82, 2.24) is 9.78 Å². The molecule has 1 amide bonds. The van der Waals surface area contributed by atoms with E-state index < -0.39 is 0 Å². The SMILES string of the molecule is CC(C)(C)c1ccc(C(=O)Nc2c3c(nn2-c2ccccc2)CCC3)cc1. The first kappa shape index (κ1) is 17.5. The maximum Gasteiger partial charge on any atom is 0.256 e. The van der Waals surface area contributed by atoms with Gasteiger partial charge in [0.1, 0.15) is 5.82 Å². The summed E-state index contributed by atoms with van der Waals surface area (Å²) < 4.78 is 1.87. The van der Waals surface area contributed by atoms with E-state index >= 15 is 0 Å². The highest BCUT2D eigenvalue weighted by Crippen LogP contribution is 2.31. The number of aromatic nitrogens is 2. The Balaban J connectivity index is 1.65. The molecule has 1 aliphatic carbocycles. The first-order valence-electron chi connectivity index (χ1n) is 9.51. The molecule has 0 unspecified atom stereocenters. The molecule has 1 aliphatic rings. The van der Waals surface area contributed by atoms with E-state index in [1.165, 1.54) is 11.1 Å². The lowest BCUT2D eigenvalue weighted by Gasteiger charge is -2.19. The first-order valence-corrected chi connectivity index (χ1v) is 9.51. The summed E-state index contributed by atoms with van der Waals surface area (Å²) in [5.74, 6) is 0.709. The van der Waals surface area contributed by atoms with Gasteiger partial charge in [-0.1, -0.05) is 51.1 Å². The lowest BCUT2D eigenvalue weighted by molar-refractivity contribution is 0.102. The number of aryl methyl sites for hydroxylation is 1. The quantitative estimate of drug-likeness (QED) is 0.722. The summed E-state index contributed by atoms with van der Waals surface area (Å²) in [6, 6.07) is 17.8. The minimum Gasteiger partial charge on any atom is -0.306 e. The van der Waals surface area contributed by atoms with Crippen molar-refractivity contribution in [3.8, 4) is 5.69 Å². The van der Waals surface area contributed by atoms with Crippen LogP contribution in [-0.2, 0) is 18.3 Å². The van der Waals surface area contributed by atoms with Gasteiger partial charge in [-0.15, -0.1) is 0 Å². The van der Waals surface area contributed by atoms with Crippen molar-refractivity contribution in [2.45, 2.75) is 45.4 Å². The summed E-state index contributed by atoms with van der Waals surface area (Å²) in [5, 5.41) is 7.88. The van der Waals surface area contributed by atoms with Gasteiger partial charge in [0.2, 0.25) is 0 Å². The number of para-hydroxylation sites is 1. The summed E-state index contributed by atoms with van der Waals surface area (Å²) in [4.78, 5) is 12.9. The number of fused-ring (bicyclic) bond motifs is 1. The molecule has 1 aromatic heterocycles. The Morgan fingerprint density at radius 2 is 1.70 bits per heavy atom. The average Bonchev–Trinajstić information content (AvgIpc) is 3.24. The smallest absolute Gasteiger partial charge is 0.256 e. The highest BCUT2D eigenvalue weighted by Gasteiger charge is 2.24. The number of hydrogen-bond acceptors (Lipinski definition) is 2. The zero-order valence-corrected chi connectivity index (χ0v) is 16.1. The second-order valence-corrected chi connectivity index (χ2v) is 8.16. The number of nitrogens with zero attached hydrogens (tertiary/aromatic N) is 2. The Bertz CT molecular complexity index is 963. The second-order valence-electron chi connectivity index (χ2n) is 8.16. The van der Waals surface area contributed by atoms with Gasteiger partial charge < -0.3 is 5.32 Å². The van der Waals surface area contributed by atoms with Crippen LogP contribution in [0.1, 0.15) is 54.4 Å². The predicted molar refractivity (Wildman–Crippen MR) is 109 cm³/mol. The fourth-order valence-electron chi connectivity index (χ4n) is 3.58. The Morgan fingerprint density at radius 1 is 1.00 bits per heavy atom. The molecular formula is C23H25N3O. The Hall–Kier alpha value is -2.88. The van der Waals surface area contributed by atoms with Gasteiger partial charge in [0.25, 0.3) is 5.91 Å². The molecule has 1 heterocycles. The zero-order valence-electron chi connectivity index (χ0n) is 16.1. The number of amides is 1. The van der Waals surface area contributed by atoms with Crippen LogP contribution in [0.5, 0.6) is 0 Å². The van der Waals surface area contributed by atoms with Gasteiger partial charge in [0, 0.05) is 11.1 Å². The molecule has 0 fully saturated rings. The molecule has 4 rings (SSSR count). The van der Waals surface area contributed by atoms with Crippen LogP contribution in [0.2, 0.25) is 0 Å². The van der Waals surface area contributed by atoms with Crippen LogP contribution in [0.3, 0.4) is 0 Å². The van der Waals surface area contributed by atoms with Crippen molar-refractivity contribution >= 4 is 11.7 Å². The van der Waals surface area contributed by atoms with Crippen LogP contribution in [0.4, 0.5) is 5.82 Å². The molecule has 0 atom stereocenters. The van der Waals surface area contributed by atoms with Gasteiger partial charge in [-0.05, 0) is 54.5 Å². The van der Waals surface area contributed by atoms with Gasteiger partial charge in [0.15, 0.2) is 0 Å². The van der Waals surface area contributed by atoms with E-state index in [2.05, 4.69) is 26.1 Å². The number of carbonyl (C=O) groups is 1. The standard InChI is InChI=1S/C23H25N3O/c1-23(2,3)17-14-12-16(13-15-17)22(27)24-21-19-10-7-11-20(19)25-26(21)18-8-5-4-6-9-18/h4-6,8-9,12-15H,7,10-11H2,1-3H3,(H,24,27). The minimum atomic E-state index is -0.0951. The van der Waals surface area contributed by atoms with Gasteiger partial charge in [-0.25, -0.2) is 4.68 Å². The van der Waals surface area contributed by atoms with Gasteiger partial charge >= 0.3 is 0 Å². The minimum absolute atomic E-state index is 0.0712. The van der Waals surface area contributed by atoms with Crippen LogP contribution in [0.15, 0.2) is 54.6 Å². The van der Waals surface area contributed by atoms with E-state index in [-0.39, 0.29) is 11.3 Å². The van der Waals surface area contributed by atoms with Crippen molar-refractivity contribution in [2.24, 2.45) is 0 Å². The van der Waals surface area contributed by atoms with E-state index in [0.29, 0.717) is 5.56 Å². The van der Waals surface area contributed by atoms with E-state index in [9.17, 15) is 4.79 Å². The molecule has 2 aromatic carbocycles. The third kappa shape index (κ3) is 3.39. The summed E-state index contributed by atoms with van der Waals surface area (Å²) in [6.07, 6.45) is 3.02. The maximum atomic E-state index is 12.9. The molecule has 0 aliphatic heterocycles. The third-order valence-electron chi connectivity index (χ3n) is 5.15. The monoisotopic (exact) mass is 359 g/mol. The molecule has 3 aromatic rings. The summed E-state index contributed by atoms with van der Waals surface area (Å²) in [5.41, 5.74) is 5.17. The fourth-order valence-corrected chi connectivity index (χ4v) is 3.58.